The number of ether oxygens (including phenoxy) is 3. The predicted molar refractivity (Wildman–Crippen MR) is 112 cm³/mol. The number of amides is 1. The zero-order valence-corrected chi connectivity index (χ0v) is 17.6. The van der Waals surface area contributed by atoms with E-state index in [2.05, 4.69) is 10.6 Å². The van der Waals surface area contributed by atoms with E-state index in [4.69, 9.17) is 25.8 Å². The molecular formula is C21H25ClN2O5. The van der Waals surface area contributed by atoms with Crippen molar-refractivity contribution in [2.24, 2.45) is 0 Å². The van der Waals surface area contributed by atoms with E-state index >= 15 is 0 Å². The van der Waals surface area contributed by atoms with Crippen molar-refractivity contribution < 1.29 is 23.8 Å². The summed E-state index contributed by atoms with van der Waals surface area (Å²) in [5.74, 6) is 0.147. The summed E-state index contributed by atoms with van der Waals surface area (Å²) in [6.07, 6.45) is 0. The number of carbonyl (C=O) groups is 2. The van der Waals surface area contributed by atoms with Crippen LogP contribution >= 0.6 is 11.6 Å². The molecule has 1 unspecified atom stereocenters. The van der Waals surface area contributed by atoms with Crippen molar-refractivity contribution in [2.75, 3.05) is 32.7 Å². The third-order valence-corrected chi connectivity index (χ3v) is 4.71. The van der Waals surface area contributed by atoms with Gasteiger partial charge in [-0.25, -0.2) is 4.79 Å². The van der Waals surface area contributed by atoms with Crippen LogP contribution in [-0.2, 0) is 14.3 Å². The second-order valence-electron chi connectivity index (χ2n) is 6.63. The van der Waals surface area contributed by atoms with Crippen LogP contribution in [0.3, 0.4) is 0 Å². The van der Waals surface area contributed by atoms with E-state index in [-0.39, 0.29) is 19.1 Å². The van der Waals surface area contributed by atoms with E-state index < -0.39 is 11.5 Å². The van der Waals surface area contributed by atoms with Gasteiger partial charge in [-0.15, -0.1) is 0 Å². The molecule has 0 radical (unpaired) electrons. The molecule has 2 aromatic carbocycles. The van der Waals surface area contributed by atoms with Gasteiger partial charge in [-0.1, -0.05) is 29.8 Å². The SMILES string of the molecule is COC(=O)C(C)(COc1ccccc1)NCC(=O)Nc1cc(C)c(Cl)cc1OC. The first-order valence-electron chi connectivity index (χ1n) is 8.94. The quantitative estimate of drug-likeness (QED) is 0.606. The summed E-state index contributed by atoms with van der Waals surface area (Å²) in [6, 6.07) is 12.4. The molecule has 0 heterocycles. The van der Waals surface area contributed by atoms with Crippen LogP contribution in [-0.4, -0.2) is 44.8 Å². The number of hydrogen-bond donors (Lipinski definition) is 2. The zero-order valence-electron chi connectivity index (χ0n) is 16.9. The summed E-state index contributed by atoms with van der Waals surface area (Å²) in [5.41, 5.74) is 0.0648. The van der Waals surface area contributed by atoms with Crippen molar-refractivity contribution >= 4 is 29.2 Å². The van der Waals surface area contributed by atoms with Crippen LogP contribution in [0.4, 0.5) is 5.69 Å². The van der Waals surface area contributed by atoms with Crippen LogP contribution in [0.25, 0.3) is 0 Å². The van der Waals surface area contributed by atoms with Gasteiger partial charge in [0.15, 0.2) is 0 Å². The minimum atomic E-state index is -1.22. The molecule has 1 atom stereocenters. The van der Waals surface area contributed by atoms with Crippen LogP contribution in [0.1, 0.15) is 12.5 Å². The van der Waals surface area contributed by atoms with Gasteiger partial charge >= 0.3 is 5.97 Å². The minimum Gasteiger partial charge on any atom is -0.495 e. The van der Waals surface area contributed by atoms with E-state index in [9.17, 15) is 9.59 Å². The standard InChI is InChI=1S/C21H25ClN2O5/c1-14-10-17(18(27-3)11-16(14)22)24-19(25)12-23-21(2,20(26)28-4)13-29-15-8-6-5-7-9-15/h5-11,23H,12-13H2,1-4H3,(H,24,25). The highest BCUT2D eigenvalue weighted by molar-refractivity contribution is 6.31. The molecule has 0 saturated heterocycles. The topological polar surface area (TPSA) is 85.9 Å². The number of methoxy groups -OCH3 is 2. The Bertz CT molecular complexity index is 860. The Morgan fingerprint density at radius 3 is 2.45 bits per heavy atom. The van der Waals surface area contributed by atoms with Crippen molar-refractivity contribution in [3.05, 3.63) is 53.1 Å². The molecule has 0 saturated carbocycles. The lowest BCUT2D eigenvalue weighted by Crippen LogP contribution is -2.56. The molecule has 156 valence electrons. The predicted octanol–water partition coefficient (Wildman–Crippen LogP) is 3.20. The molecule has 0 bridgehead atoms. The van der Waals surface area contributed by atoms with Crippen molar-refractivity contribution in [1.82, 2.24) is 5.32 Å². The maximum absolute atomic E-state index is 12.5. The first-order chi connectivity index (χ1) is 13.8. The Hall–Kier alpha value is -2.77. The van der Waals surface area contributed by atoms with E-state index in [1.54, 1.807) is 31.2 Å². The molecule has 8 heteroatoms. The highest BCUT2D eigenvalue weighted by Crippen LogP contribution is 2.30. The summed E-state index contributed by atoms with van der Waals surface area (Å²) < 4.78 is 15.8. The molecule has 2 N–H and O–H groups in total. The number of para-hydroxylation sites is 1. The van der Waals surface area contributed by atoms with Gasteiger partial charge in [0.1, 0.15) is 23.6 Å². The Morgan fingerprint density at radius 1 is 1.14 bits per heavy atom. The van der Waals surface area contributed by atoms with Gasteiger partial charge in [0.05, 0.1) is 26.5 Å². The molecule has 0 aliphatic rings. The third-order valence-electron chi connectivity index (χ3n) is 4.30. The first kappa shape index (κ1) is 22.5. The van der Waals surface area contributed by atoms with Gasteiger partial charge < -0.3 is 19.5 Å². The van der Waals surface area contributed by atoms with Gasteiger partial charge in [-0.2, -0.15) is 0 Å². The number of nitrogens with one attached hydrogen (secondary N) is 2. The molecule has 7 nitrogen and oxygen atoms in total. The number of aryl methyl sites for hydroxylation is 1. The number of anilines is 1. The average Bonchev–Trinajstić information content (AvgIpc) is 2.73. The summed E-state index contributed by atoms with van der Waals surface area (Å²) in [7, 11) is 2.77. The molecule has 29 heavy (non-hydrogen) atoms. The monoisotopic (exact) mass is 420 g/mol. The second-order valence-corrected chi connectivity index (χ2v) is 7.04. The molecule has 0 aromatic heterocycles. The molecule has 2 rings (SSSR count). The number of hydrogen-bond acceptors (Lipinski definition) is 6. The Labute approximate surface area is 175 Å². The maximum Gasteiger partial charge on any atom is 0.329 e. The number of halogens is 1. The fraction of sp³-hybridized carbons (Fsp3) is 0.333. The van der Waals surface area contributed by atoms with Gasteiger partial charge in [0.25, 0.3) is 0 Å². The highest BCUT2D eigenvalue weighted by Gasteiger charge is 2.35. The molecular weight excluding hydrogens is 396 g/mol. The minimum absolute atomic E-state index is 0.0136. The van der Waals surface area contributed by atoms with E-state index in [0.717, 1.165) is 5.56 Å². The fourth-order valence-electron chi connectivity index (χ4n) is 2.55. The number of benzene rings is 2. The molecule has 0 spiro atoms. The van der Waals surface area contributed by atoms with Gasteiger partial charge in [0.2, 0.25) is 5.91 Å². The molecule has 2 aromatic rings. The van der Waals surface area contributed by atoms with Crippen LogP contribution < -0.4 is 20.1 Å². The fourth-order valence-corrected chi connectivity index (χ4v) is 2.71. The average molecular weight is 421 g/mol. The third kappa shape index (κ3) is 6.10. The zero-order chi connectivity index (χ0) is 21.4. The molecule has 0 aliphatic carbocycles. The molecule has 0 aliphatic heterocycles. The molecule has 0 fully saturated rings. The summed E-state index contributed by atoms with van der Waals surface area (Å²) in [4.78, 5) is 24.7. The lowest BCUT2D eigenvalue weighted by Gasteiger charge is -2.27. The molecule has 1 amide bonds. The van der Waals surface area contributed by atoms with Gasteiger partial charge in [-0.3, -0.25) is 10.1 Å². The van der Waals surface area contributed by atoms with E-state index in [1.807, 2.05) is 25.1 Å². The Kier molecular flexibility index (Phi) is 7.87. The summed E-state index contributed by atoms with van der Waals surface area (Å²) >= 11 is 6.09. The van der Waals surface area contributed by atoms with Crippen molar-refractivity contribution in [3.8, 4) is 11.5 Å². The summed E-state index contributed by atoms with van der Waals surface area (Å²) in [6.45, 7) is 3.28. The van der Waals surface area contributed by atoms with E-state index in [0.29, 0.717) is 22.2 Å². The van der Waals surface area contributed by atoms with Crippen LogP contribution in [0.5, 0.6) is 11.5 Å². The van der Waals surface area contributed by atoms with Crippen LogP contribution in [0, 0.1) is 6.92 Å². The van der Waals surface area contributed by atoms with Crippen molar-refractivity contribution in [1.29, 1.82) is 0 Å². The largest absolute Gasteiger partial charge is 0.495 e. The first-order valence-corrected chi connectivity index (χ1v) is 9.32. The Balaban J connectivity index is 2.04. The lowest BCUT2D eigenvalue weighted by atomic mass is 10.0. The van der Waals surface area contributed by atoms with Crippen molar-refractivity contribution in [3.63, 3.8) is 0 Å². The van der Waals surface area contributed by atoms with Crippen LogP contribution in [0.15, 0.2) is 42.5 Å². The van der Waals surface area contributed by atoms with Crippen LogP contribution in [0.2, 0.25) is 5.02 Å². The van der Waals surface area contributed by atoms with Gasteiger partial charge in [0, 0.05) is 11.1 Å². The lowest BCUT2D eigenvalue weighted by molar-refractivity contribution is -0.149. The number of carbonyl (C=O) groups excluding carboxylic acids is 2. The highest BCUT2D eigenvalue weighted by atomic mass is 35.5. The van der Waals surface area contributed by atoms with Crippen molar-refractivity contribution in [2.45, 2.75) is 19.4 Å². The smallest absolute Gasteiger partial charge is 0.329 e. The Morgan fingerprint density at radius 2 is 1.83 bits per heavy atom. The number of esters is 1. The number of rotatable bonds is 9. The maximum atomic E-state index is 12.5. The van der Waals surface area contributed by atoms with Gasteiger partial charge in [-0.05, 0) is 37.6 Å². The van der Waals surface area contributed by atoms with E-state index in [1.165, 1.54) is 14.2 Å². The normalized spacial score (nSPS) is 12.6. The summed E-state index contributed by atoms with van der Waals surface area (Å²) in [5, 5.41) is 6.21. The second kappa shape index (κ2) is 10.1.